The Kier molecular flexibility index (Phi) is 6.36. The zero-order chi connectivity index (χ0) is 11.8. The van der Waals surface area contributed by atoms with E-state index in [0.29, 0.717) is 0 Å². The summed E-state index contributed by atoms with van der Waals surface area (Å²) in [4.78, 5) is 2.56. The molecular formula is C15H29NO. The first-order chi connectivity index (χ1) is 8.45. The third-order valence-corrected chi connectivity index (χ3v) is 4.42. The highest BCUT2D eigenvalue weighted by molar-refractivity contribution is 4.66. The van der Waals surface area contributed by atoms with Crippen molar-refractivity contribution in [2.45, 2.75) is 57.8 Å². The normalized spacial score (nSPS) is 24.0. The highest BCUT2D eigenvalue weighted by atomic mass is 16.5. The van der Waals surface area contributed by atoms with E-state index in [1.807, 2.05) is 0 Å². The van der Waals surface area contributed by atoms with Crippen molar-refractivity contribution >= 4 is 0 Å². The van der Waals surface area contributed by atoms with E-state index in [1.165, 1.54) is 64.3 Å². The zero-order valence-corrected chi connectivity index (χ0v) is 11.3. The first-order valence-electron chi connectivity index (χ1n) is 7.75. The minimum absolute atomic E-state index is 0.947. The maximum Gasteiger partial charge on any atom is 0.0594 e. The lowest BCUT2D eigenvalue weighted by molar-refractivity contribution is 0.0371. The molecule has 0 unspecified atom stereocenters. The molecule has 17 heavy (non-hydrogen) atoms. The highest BCUT2D eigenvalue weighted by Crippen LogP contribution is 2.27. The van der Waals surface area contributed by atoms with Crippen LogP contribution in [0.3, 0.4) is 0 Å². The second-order valence-corrected chi connectivity index (χ2v) is 5.81. The van der Waals surface area contributed by atoms with E-state index in [9.17, 15) is 0 Å². The number of morpholine rings is 1. The van der Waals surface area contributed by atoms with Crippen LogP contribution in [0, 0.1) is 5.92 Å². The molecule has 0 N–H and O–H groups in total. The number of rotatable bonds is 6. The molecule has 2 fully saturated rings. The van der Waals surface area contributed by atoms with Gasteiger partial charge in [-0.1, -0.05) is 51.4 Å². The minimum Gasteiger partial charge on any atom is -0.379 e. The summed E-state index contributed by atoms with van der Waals surface area (Å²) in [5.74, 6) is 1.08. The quantitative estimate of drug-likeness (QED) is 0.658. The number of nitrogens with zero attached hydrogens (tertiary/aromatic N) is 1. The SMILES string of the molecule is C1CCC(CCCCCN2CCOCC2)CC1. The summed E-state index contributed by atoms with van der Waals surface area (Å²) in [6.07, 6.45) is 13.3. The van der Waals surface area contributed by atoms with Crippen LogP contribution in [-0.4, -0.2) is 37.7 Å². The van der Waals surface area contributed by atoms with E-state index in [4.69, 9.17) is 4.74 Å². The molecule has 1 aliphatic heterocycles. The minimum atomic E-state index is 0.947. The Hall–Kier alpha value is -0.0800. The topological polar surface area (TPSA) is 12.5 Å². The fraction of sp³-hybridized carbons (Fsp3) is 1.00. The fourth-order valence-corrected chi connectivity index (χ4v) is 3.25. The molecule has 2 rings (SSSR count). The standard InChI is InChI=1S/C15H29NO/c1-3-7-15(8-4-1)9-5-2-6-10-16-11-13-17-14-12-16/h15H,1-14H2. The average molecular weight is 239 g/mol. The van der Waals surface area contributed by atoms with Crippen molar-refractivity contribution in [1.82, 2.24) is 4.90 Å². The van der Waals surface area contributed by atoms with Gasteiger partial charge in [-0.2, -0.15) is 0 Å². The molecule has 0 bridgehead atoms. The molecule has 2 aliphatic rings. The van der Waals surface area contributed by atoms with E-state index < -0.39 is 0 Å². The molecule has 1 saturated carbocycles. The molecule has 2 nitrogen and oxygen atoms in total. The summed E-state index contributed by atoms with van der Waals surface area (Å²) < 4.78 is 5.36. The van der Waals surface area contributed by atoms with Crippen LogP contribution in [0.1, 0.15) is 57.8 Å². The van der Waals surface area contributed by atoms with Crippen LogP contribution in [-0.2, 0) is 4.74 Å². The van der Waals surface area contributed by atoms with Gasteiger partial charge < -0.3 is 4.74 Å². The Morgan fingerprint density at radius 2 is 1.65 bits per heavy atom. The molecule has 0 amide bonds. The number of unbranched alkanes of at least 4 members (excludes halogenated alkanes) is 2. The van der Waals surface area contributed by atoms with Crippen LogP contribution >= 0.6 is 0 Å². The van der Waals surface area contributed by atoms with Crippen molar-refractivity contribution in [3.8, 4) is 0 Å². The Labute approximate surface area is 107 Å². The monoisotopic (exact) mass is 239 g/mol. The van der Waals surface area contributed by atoms with E-state index in [1.54, 1.807) is 0 Å². The molecule has 0 aromatic rings. The third kappa shape index (κ3) is 5.39. The molecule has 1 heterocycles. The molecule has 2 heteroatoms. The van der Waals surface area contributed by atoms with Crippen molar-refractivity contribution in [2.24, 2.45) is 5.92 Å². The van der Waals surface area contributed by atoms with Gasteiger partial charge in [0.2, 0.25) is 0 Å². The van der Waals surface area contributed by atoms with Gasteiger partial charge in [-0.3, -0.25) is 4.90 Å². The van der Waals surface area contributed by atoms with Gasteiger partial charge in [0.25, 0.3) is 0 Å². The Bertz CT molecular complexity index is 163. The van der Waals surface area contributed by atoms with Crippen molar-refractivity contribution in [1.29, 1.82) is 0 Å². The van der Waals surface area contributed by atoms with Crippen molar-refractivity contribution < 1.29 is 4.74 Å². The van der Waals surface area contributed by atoms with Crippen LogP contribution in [0.5, 0.6) is 0 Å². The average Bonchev–Trinajstić information content (AvgIpc) is 2.41. The molecule has 0 spiro atoms. The summed E-state index contributed by atoms with van der Waals surface area (Å²) in [6.45, 7) is 5.50. The van der Waals surface area contributed by atoms with Gasteiger partial charge in [0.15, 0.2) is 0 Å². The van der Waals surface area contributed by atoms with Crippen LogP contribution in [0.15, 0.2) is 0 Å². The fourth-order valence-electron chi connectivity index (χ4n) is 3.25. The van der Waals surface area contributed by atoms with E-state index in [2.05, 4.69) is 4.90 Å². The molecule has 0 radical (unpaired) electrons. The third-order valence-electron chi connectivity index (χ3n) is 4.42. The summed E-state index contributed by atoms with van der Waals surface area (Å²) in [5.41, 5.74) is 0. The molecule has 0 aromatic carbocycles. The second-order valence-electron chi connectivity index (χ2n) is 5.81. The second kappa shape index (κ2) is 8.10. The lowest BCUT2D eigenvalue weighted by Gasteiger charge is -2.26. The molecule has 1 aliphatic carbocycles. The number of hydrogen-bond donors (Lipinski definition) is 0. The van der Waals surface area contributed by atoms with Crippen LogP contribution < -0.4 is 0 Å². The van der Waals surface area contributed by atoms with Crippen LogP contribution in [0.2, 0.25) is 0 Å². The van der Waals surface area contributed by atoms with Crippen LogP contribution in [0.25, 0.3) is 0 Å². The Morgan fingerprint density at radius 3 is 2.41 bits per heavy atom. The van der Waals surface area contributed by atoms with Gasteiger partial charge in [0.1, 0.15) is 0 Å². The van der Waals surface area contributed by atoms with Crippen molar-refractivity contribution in [3.63, 3.8) is 0 Å². The Morgan fingerprint density at radius 1 is 0.882 bits per heavy atom. The predicted molar refractivity (Wildman–Crippen MR) is 72.3 cm³/mol. The lowest BCUT2D eigenvalue weighted by Crippen LogP contribution is -2.36. The van der Waals surface area contributed by atoms with Crippen molar-refractivity contribution in [3.05, 3.63) is 0 Å². The molecule has 1 saturated heterocycles. The smallest absolute Gasteiger partial charge is 0.0594 e. The maximum absolute atomic E-state index is 5.36. The van der Waals surface area contributed by atoms with Gasteiger partial charge in [-0.15, -0.1) is 0 Å². The molecule has 0 atom stereocenters. The predicted octanol–water partition coefficient (Wildman–Crippen LogP) is 3.46. The lowest BCUT2D eigenvalue weighted by atomic mass is 9.85. The highest BCUT2D eigenvalue weighted by Gasteiger charge is 2.13. The van der Waals surface area contributed by atoms with Gasteiger partial charge in [-0.25, -0.2) is 0 Å². The number of ether oxygens (including phenoxy) is 1. The van der Waals surface area contributed by atoms with Gasteiger partial charge >= 0.3 is 0 Å². The van der Waals surface area contributed by atoms with Crippen LogP contribution in [0.4, 0.5) is 0 Å². The largest absolute Gasteiger partial charge is 0.379 e. The Balaban J connectivity index is 1.42. The maximum atomic E-state index is 5.36. The summed E-state index contributed by atoms with van der Waals surface area (Å²) in [5, 5.41) is 0. The first kappa shape index (κ1) is 13.4. The number of hydrogen-bond acceptors (Lipinski definition) is 2. The molecule has 0 aromatic heterocycles. The van der Waals surface area contributed by atoms with Gasteiger partial charge in [-0.05, 0) is 18.9 Å². The van der Waals surface area contributed by atoms with Crippen molar-refractivity contribution in [2.75, 3.05) is 32.8 Å². The van der Waals surface area contributed by atoms with E-state index in [-0.39, 0.29) is 0 Å². The zero-order valence-electron chi connectivity index (χ0n) is 11.3. The summed E-state index contributed by atoms with van der Waals surface area (Å²) >= 11 is 0. The van der Waals surface area contributed by atoms with E-state index in [0.717, 1.165) is 32.2 Å². The summed E-state index contributed by atoms with van der Waals surface area (Å²) in [7, 11) is 0. The van der Waals surface area contributed by atoms with E-state index >= 15 is 0 Å². The molecular weight excluding hydrogens is 210 g/mol. The van der Waals surface area contributed by atoms with Gasteiger partial charge in [0, 0.05) is 13.1 Å². The first-order valence-corrected chi connectivity index (χ1v) is 7.75. The summed E-state index contributed by atoms with van der Waals surface area (Å²) in [6, 6.07) is 0. The molecule has 100 valence electrons. The van der Waals surface area contributed by atoms with Gasteiger partial charge in [0.05, 0.1) is 13.2 Å².